The molecular weight excluding hydrogens is 332 g/mol. The van der Waals surface area contributed by atoms with Gasteiger partial charge in [0.15, 0.2) is 11.5 Å². The lowest BCUT2D eigenvalue weighted by molar-refractivity contribution is 0.178. The molecule has 0 radical (unpaired) electrons. The van der Waals surface area contributed by atoms with Gasteiger partial charge in [-0.3, -0.25) is 9.88 Å². The predicted octanol–water partition coefficient (Wildman–Crippen LogP) is 2.92. The number of hydrogen-bond donors (Lipinski definition) is 0. The standard InChI is InChI=1S/C19H20N4O3/c1-24-16-8-4-6-14-12-23(10-5-11-25-18(14)16)13-17-21-19(22-26-17)15-7-2-3-9-20-15/h2-4,6-9H,5,10-13H2,1H3. The zero-order chi connectivity index (χ0) is 17.8. The van der Waals surface area contributed by atoms with E-state index in [2.05, 4.69) is 26.1 Å². The number of fused-ring (bicyclic) bond motifs is 1. The summed E-state index contributed by atoms with van der Waals surface area (Å²) in [6, 6.07) is 11.6. The minimum Gasteiger partial charge on any atom is -0.493 e. The van der Waals surface area contributed by atoms with Crippen molar-refractivity contribution in [1.29, 1.82) is 0 Å². The molecule has 3 heterocycles. The normalized spacial score (nSPS) is 14.8. The molecule has 0 fully saturated rings. The Hall–Kier alpha value is -2.93. The van der Waals surface area contributed by atoms with Gasteiger partial charge in [-0.1, -0.05) is 23.4 Å². The maximum atomic E-state index is 5.90. The molecule has 26 heavy (non-hydrogen) atoms. The molecule has 7 nitrogen and oxygen atoms in total. The Labute approximate surface area is 151 Å². The van der Waals surface area contributed by atoms with Crippen molar-refractivity contribution in [3.05, 3.63) is 54.0 Å². The largest absolute Gasteiger partial charge is 0.493 e. The smallest absolute Gasteiger partial charge is 0.241 e. The number of ether oxygens (including phenoxy) is 2. The molecule has 4 rings (SSSR count). The average Bonchev–Trinajstić information content (AvgIpc) is 3.13. The van der Waals surface area contributed by atoms with Crippen molar-refractivity contribution in [2.75, 3.05) is 20.3 Å². The SMILES string of the molecule is COc1cccc2c1OCCCN(Cc1nc(-c3ccccn3)no1)C2. The Kier molecular flexibility index (Phi) is 4.79. The van der Waals surface area contributed by atoms with E-state index in [-0.39, 0.29) is 0 Å². The van der Waals surface area contributed by atoms with Crippen LogP contribution in [0.15, 0.2) is 47.1 Å². The van der Waals surface area contributed by atoms with Gasteiger partial charge in [0.25, 0.3) is 0 Å². The number of nitrogens with zero attached hydrogens (tertiary/aromatic N) is 4. The molecular formula is C19H20N4O3. The number of aromatic nitrogens is 3. The summed E-state index contributed by atoms with van der Waals surface area (Å²) in [4.78, 5) is 11.0. The maximum absolute atomic E-state index is 5.90. The van der Waals surface area contributed by atoms with E-state index in [1.54, 1.807) is 13.3 Å². The summed E-state index contributed by atoms with van der Waals surface area (Å²) in [5.74, 6) is 2.67. The van der Waals surface area contributed by atoms with Crippen LogP contribution in [0.2, 0.25) is 0 Å². The lowest BCUT2D eigenvalue weighted by Gasteiger charge is -2.25. The summed E-state index contributed by atoms with van der Waals surface area (Å²) >= 11 is 0. The second-order valence-electron chi connectivity index (χ2n) is 6.09. The Morgan fingerprint density at radius 2 is 2.15 bits per heavy atom. The topological polar surface area (TPSA) is 73.5 Å². The molecule has 0 atom stereocenters. The lowest BCUT2D eigenvalue weighted by Crippen LogP contribution is -2.27. The third-order valence-electron chi connectivity index (χ3n) is 4.26. The first-order valence-corrected chi connectivity index (χ1v) is 8.58. The average molecular weight is 352 g/mol. The van der Waals surface area contributed by atoms with Gasteiger partial charge in [0.1, 0.15) is 5.69 Å². The van der Waals surface area contributed by atoms with Crippen LogP contribution < -0.4 is 9.47 Å². The molecule has 1 aliphatic rings. The van der Waals surface area contributed by atoms with E-state index >= 15 is 0 Å². The molecule has 0 bridgehead atoms. The zero-order valence-corrected chi connectivity index (χ0v) is 14.6. The van der Waals surface area contributed by atoms with Crippen LogP contribution in [0.5, 0.6) is 11.5 Å². The monoisotopic (exact) mass is 352 g/mol. The number of rotatable bonds is 4. The van der Waals surface area contributed by atoms with Crippen molar-refractivity contribution >= 4 is 0 Å². The van der Waals surface area contributed by atoms with Crippen LogP contribution in [0, 0.1) is 0 Å². The highest BCUT2D eigenvalue weighted by Crippen LogP contribution is 2.33. The number of methoxy groups -OCH3 is 1. The number of pyridine rings is 1. The summed E-state index contributed by atoms with van der Waals surface area (Å²) < 4.78 is 16.8. The fourth-order valence-electron chi connectivity index (χ4n) is 3.04. The van der Waals surface area contributed by atoms with Gasteiger partial charge in [-0.2, -0.15) is 4.98 Å². The van der Waals surface area contributed by atoms with E-state index in [9.17, 15) is 0 Å². The summed E-state index contributed by atoms with van der Waals surface area (Å²) in [5.41, 5.74) is 1.80. The molecule has 2 aromatic heterocycles. The van der Waals surface area contributed by atoms with Crippen LogP contribution in [0.25, 0.3) is 11.5 Å². The molecule has 0 spiro atoms. The van der Waals surface area contributed by atoms with Crippen LogP contribution in [0.3, 0.4) is 0 Å². The molecule has 0 unspecified atom stereocenters. The summed E-state index contributed by atoms with van der Waals surface area (Å²) in [6.45, 7) is 2.84. The molecule has 3 aromatic rings. The number of para-hydroxylation sites is 1. The van der Waals surface area contributed by atoms with E-state index in [0.29, 0.717) is 30.6 Å². The van der Waals surface area contributed by atoms with Gasteiger partial charge in [0.2, 0.25) is 11.7 Å². The molecule has 0 aliphatic carbocycles. The third kappa shape index (κ3) is 3.52. The van der Waals surface area contributed by atoms with Gasteiger partial charge in [0, 0.05) is 24.8 Å². The van der Waals surface area contributed by atoms with Gasteiger partial charge in [-0.05, 0) is 24.6 Å². The second-order valence-corrected chi connectivity index (χ2v) is 6.09. The summed E-state index contributed by atoms with van der Waals surface area (Å²) in [7, 11) is 1.66. The minimum absolute atomic E-state index is 0.512. The molecule has 0 N–H and O–H groups in total. The fraction of sp³-hybridized carbons (Fsp3) is 0.316. The van der Waals surface area contributed by atoms with E-state index < -0.39 is 0 Å². The van der Waals surface area contributed by atoms with Crippen LogP contribution >= 0.6 is 0 Å². The van der Waals surface area contributed by atoms with Crippen LogP contribution in [-0.2, 0) is 13.1 Å². The van der Waals surface area contributed by atoms with Crippen molar-refractivity contribution < 1.29 is 14.0 Å². The van der Waals surface area contributed by atoms with Gasteiger partial charge in [0.05, 0.1) is 20.3 Å². The second kappa shape index (κ2) is 7.53. The summed E-state index contributed by atoms with van der Waals surface area (Å²) in [6.07, 6.45) is 2.63. The van der Waals surface area contributed by atoms with E-state index in [4.69, 9.17) is 14.0 Å². The highest BCUT2D eigenvalue weighted by Gasteiger charge is 2.19. The van der Waals surface area contributed by atoms with Crippen molar-refractivity contribution in [3.63, 3.8) is 0 Å². The third-order valence-corrected chi connectivity index (χ3v) is 4.26. The van der Waals surface area contributed by atoms with Gasteiger partial charge in [-0.25, -0.2) is 0 Å². The number of benzene rings is 1. The van der Waals surface area contributed by atoms with Gasteiger partial charge >= 0.3 is 0 Å². The zero-order valence-electron chi connectivity index (χ0n) is 14.6. The predicted molar refractivity (Wildman–Crippen MR) is 94.7 cm³/mol. The van der Waals surface area contributed by atoms with Gasteiger partial charge in [-0.15, -0.1) is 0 Å². The Balaban J connectivity index is 1.52. The van der Waals surface area contributed by atoms with Crippen LogP contribution in [0.1, 0.15) is 17.9 Å². The number of hydrogen-bond acceptors (Lipinski definition) is 7. The molecule has 7 heteroatoms. The molecule has 0 saturated carbocycles. The molecule has 134 valence electrons. The Morgan fingerprint density at radius 1 is 1.19 bits per heavy atom. The highest BCUT2D eigenvalue weighted by molar-refractivity contribution is 5.47. The van der Waals surface area contributed by atoms with Crippen molar-refractivity contribution in [2.45, 2.75) is 19.5 Å². The van der Waals surface area contributed by atoms with Crippen molar-refractivity contribution in [3.8, 4) is 23.0 Å². The van der Waals surface area contributed by atoms with Crippen molar-refractivity contribution in [2.24, 2.45) is 0 Å². The Bertz CT molecular complexity index is 866. The van der Waals surface area contributed by atoms with E-state index in [1.165, 1.54) is 0 Å². The molecule has 0 amide bonds. The Morgan fingerprint density at radius 3 is 3.00 bits per heavy atom. The highest BCUT2D eigenvalue weighted by atomic mass is 16.5. The minimum atomic E-state index is 0.512. The first-order chi connectivity index (χ1) is 12.8. The first-order valence-electron chi connectivity index (χ1n) is 8.58. The first kappa shape index (κ1) is 16.5. The fourth-order valence-corrected chi connectivity index (χ4v) is 3.04. The maximum Gasteiger partial charge on any atom is 0.241 e. The van der Waals surface area contributed by atoms with Gasteiger partial charge < -0.3 is 14.0 Å². The molecule has 1 aliphatic heterocycles. The molecule has 1 aromatic carbocycles. The van der Waals surface area contributed by atoms with Crippen LogP contribution in [0.4, 0.5) is 0 Å². The van der Waals surface area contributed by atoms with E-state index in [0.717, 1.165) is 36.6 Å². The quantitative estimate of drug-likeness (QED) is 0.715. The van der Waals surface area contributed by atoms with E-state index in [1.807, 2.05) is 30.3 Å². The summed E-state index contributed by atoms with van der Waals surface area (Å²) in [5, 5.41) is 4.05. The lowest BCUT2D eigenvalue weighted by atomic mass is 10.1. The van der Waals surface area contributed by atoms with Crippen LogP contribution in [-0.4, -0.2) is 40.3 Å². The molecule has 0 saturated heterocycles. The van der Waals surface area contributed by atoms with Crippen molar-refractivity contribution in [1.82, 2.24) is 20.0 Å².